The van der Waals surface area contributed by atoms with Crippen LogP contribution in [0.2, 0.25) is 0 Å². The first-order chi connectivity index (χ1) is 10.5. The third-order valence-corrected chi connectivity index (χ3v) is 3.88. The van der Waals surface area contributed by atoms with Gasteiger partial charge in [0.05, 0.1) is 11.7 Å². The summed E-state index contributed by atoms with van der Waals surface area (Å²) in [5.74, 6) is -0.741. The molecular weight excluding hydrogens is 347 g/mol. The first kappa shape index (κ1) is 16.6. The minimum absolute atomic E-state index is 0.0247. The van der Waals surface area contributed by atoms with Crippen molar-refractivity contribution < 1.29 is 9.18 Å². The van der Waals surface area contributed by atoms with Gasteiger partial charge in [0.25, 0.3) is 0 Å². The minimum Gasteiger partial charge on any atom is -0.322 e. The molecule has 22 heavy (non-hydrogen) atoms. The second kappa shape index (κ2) is 7.51. The van der Waals surface area contributed by atoms with Gasteiger partial charge in [-0.2, -0.15) is 0 Å². The maximum atomic E-state index is 13.7. The molecule has 5 heteroatoms. The molecule has 0 spiro atoms. The summed E-state index contributed by atoms with van der Waals surface area (Å²) < 4.78 is 14.4. The zero-order valence-electron chi connectivity index (χ0n) is 12.4. The average molecular weight is 365 g/mol. The van der Waals surface area contributed by atoms with E-state index in [4.69, 9.17) is 0 Å². The lowest BCUT2D eigenvalue weighted by Crippen LogP contribution is -2.39. The molecule has 0 fully saturated rings. The topological polar surface area (TPSA) is 41.1 Å². The summed E-state index contributed by atoms with van der Waals surface area (Å²) in [4.78, 5) is 12.2. The molecule has 0 bridgehead atoms. The monoisotopic (exact) mass is 364 g/mol. The molecule has 0 saturated carbocycles. The van der Waals surface area contributed by atoms with E-state index in [0.29, 0.717) is 4.47 Å². The van der Waals surface area contributed by atoms with Gasteiger partial charge < -0.3 is 5.32 Å². The van der Waals surface area contributed by atoms with Gasteiger partial charge in [0.1, 0.15) is 5.82 Å². The highest BCUT2D eigenvalue weighted by atomic mass is 79.9. The Kier molecular flexibility index (Phi) is 5.69. The molecule has 2 aromatic carbocycles. The Labute approximate surface area is 138 Å². The first-order valence-corrected chi connectivity index (χ1v) is 7.83. The van der Waals surface area contributed by atoms with Crippen molar-refractivity contribution in [2.24, 2.45) is 0 Å². The number of nitrogens with one attached hydrogen (secondary N) is 2. The maximum Gasteiger partial charge on any atom is 0.241 e. The van der Waals surface area contributed by atoms with Crippen LogP contribution in [0.4, 0.5) is 10.1 Å². The molecule has 0 heterocycles. The lowest BCUT2D eigenvalue weighted by atomic mass is 10.1. The van der Waals surface area contributed by atoms with Crippen molar-refractivity contribution in [1.29, 1.82) is 0 Å². The molecule has 116 valence electrons. The van der Waals surface area contributed by atoms with E-state index < -0.39 is 11.9 Å². The quantitative estimate of drug-likeness (QED) is 0.831. The molecule has 2 aromatic rings. The van der Waals surface area contributed by atoms with Crippen LogP contribution in [0, 0.1) is 5.82 Å². The van der Waals surface area contributed by atoms with Gasteiger partial charge >= 0.3 is 0 Å². The van der Waals surface area contributed by atoms with E-state index in [9.17, 15) is 9.18 Å². The lowest BCUT2D eigenvalue weighted by molar-refractivity contribution is -0.118. The molecule has 0 aliphatic rings. The Morgan fingerprint density at radius 2 is 1.82 bits per heavy atom. The van der Waals surface area contributed by atoms with Crippen LogP contribution in [0.5, 0.6) is 0 Å². The van der Waals surface area contributed by atoms with Crippen LogP contribution in [0.15, 0.2) is 53.0 Å². The normalized spacial score (nSPS) is 13.5. The fourth-order valence-electron chi connectivity index (χ4n) is 2.12. The molecule has 0 aliphatic carbocycles. The number of carbonyl (C=O) groups excluding carboxylic acids is 1. The second-order valence-corrected chi connectivity index (χ2v) is 6.05. The van der Waals surface area contributed by atoms with Gasteiger partial charge in [-0.1, -0.05) is 46.3 Å². The van der Waals surface area contributed by atoms with Crippen LogP contribution in [-0.2, 0) is 4.79 Å². The maximum absolute atomic E-state index is 13.7. The van der Waals surface area contributed by atoms with Gasteiger partial charge in [-0.15, -0.1) is 0 Å². The SMILES string of the molecule is C[C@@H](N[C@H](C)c1ccccc1)C(=O)Nc1ccc(Br)cc1F. The Morgan fingerprint density at radius 3 is 2.45 bits per heavy atom. The molecule has 0 radical (unpaired) electrons. The molecular formula is C17H18BrFN2O. The molecule has 0 aromatic heterocycles. The average Bonchev–Trinajstić information content (AvgIpc) is 2.50. The predicted molar refractivity (Wildman–Crippen MR) is 90.2 cm³/mol. The molecule has 2 atom stereocenters. The summed E-state index contributed by atoms with van der Waals surface area (Å²) in [6.07, 6.45) is 0. The van der Waals surface area contributed by atoms with Gasteiger partial charge in [0.2, 0.25) is 5.91 Å². The van der Waals surface area contributed by atoms with Crippen LogP contribution < -0.4 is 10.6 Å². The van der Waals surface area contributed by atoms with E-state index in [0.717, 1.165) is 5.56 Å². The largest absolute Gasteiger partial charge is 0.322 e. The first-order valence-electron chi connectivity index (χ1n) is 7.04. The fraction of sp³-hybridized carbons (Fsp3) is 0.235. The summed E-state index contributed by atoms with van der Waals surface area (Å²) >= 11 is 3.18. The summed E-state index contributed by atoms with van der Waals surface area (Å²) in [7, 11) is 0. The molecule has 2 rings (SSSR count). The van der Waals surface area contributed by atoms with E-state index >= 15 is 0 Å². The summed E-state index contributed by atoms with van der Waals surface area (Å²) in [6, 6.07) is 14.0. The molecule has 3 nitrogen and oxygen atoms in total. The van der Waals surface area contributed by atoms with Crippen molar-refractivity contribution in [3.05, 3.63) is 64.4 Å². The minimum atomic E-state index is -0.467. The highest BCUT2D eigenvalue weighted by Crippen LogP contribution is 2.19. The van der Waals surface area contributed by atoms with Crippen LogP contribution in [0.3, 0.4) is 0 Å². The van der Waals surface area contributed by atoms with Gasteiger partial charge in [0, 0.05) is 10.5 Å². The summed E-state index contributed by atoms with van der Waals surface area (Å²) in [5, 5.41) is 5.80. The van der Waals surface area contributed by atoms with E-state index in [1.807, 2.05) is 37.3 Å². The molecule has 0 unspecified atom stereocenters. The predicted octanol–water partition coefficient (Wildman–Crippen LogP) is 4.27. The smallest absolute Gasteiger partial charge is 0.241 e. The van der Waals surface area contributed by atoms with Crippen LogP contribution in [0.25, 0.3) is 0 Å². The van der Waals surface area contributed by atoms with Crippen molar-refractivity contribution in [1.82, 2.24) is 5.32 Å². The van der Waals surface area contributed by atoms with Crippen LogP contribution >= 0.6 is 15.9 Å². The standard InChI is InChI=1S/C17H18BrFN2O/c1-11(13-6-4-3-5-7-13)20-12(2)17(22)21-16-9-8-14(18)10-15(16)19/h3-12,20H,1-2H3,(H,21,22)/t11-,12-/m1/s1. The number of amides is 1. The van der Waals surface area contributed by atoms with Crippen molar-refractivity contribution in [2.45, 2.75) is 25.9 Å². The van der Waals surface area contributed by atoms with Crippen LogP contribution in [0.1, 0.15) is 25.5 Å². The van der Waals surface area contributed by atoms with Crippen molar-refractivity contribution in [3.63, 3.8) is 0 Å². The number of hydrogen-bond acceptors (Lipinski definition) is 2. The number of hydrogen-bond donors (Lipinski definition) is 2. The van der Waals surface area contributed by atoms with Gasteiger partial charge in [0.15, 0.2) is 0 Å². The zero-order chi connectivity index (χ0) is 16.1. The summed E-state index contributed by atoms with van der Waals surface area (Å²) in [5.41, 5.74) is 1.27. The Balaban J connectivity index is 1.97. The fourth-order valence-corrected chi connectivity index (χ4v) is 2.45. The third-order valence-electron chi connectivity index (χ3n) is 3.38. The number of benzene rings is 2. The third kappa shape index (κ3) is 4.39. The number of carbonyl (C=O) groups is 1. The van der Waals surface area contributed by atoms with E-state index in [2.05, 4.69) is 26.6 Å². The van der Waals surface area contributed by atoms with Gasteiger partial charge in [-0.25, -0.2) is 4.39 Å². The van der Waals surface area contributed by atoms with Crippen LogP contribution in [-0.4, -0.2) is 11.9 Å². The molecule has 2 N–H and O–H groups in total. The molecule has 1 amide bonds. The van der Waals surface area contributed by atoms with Gasteiger partial charge in [-0.3, -0.25) is 10.1 Å². The summed E-state index contributed by atoms with van der Waals surface area (Å²) in [6.45, 7) is 3.74. The van der Waals surface area contributed by atoms with E-state index in [1.54, 1.807) is 13.0 Å². The number of rotatable bonds is 5. The highest BCUT2D eigenvalue weighted by molar-refractivity contribution is 9.10. The van der Waals surface area contributed by atoms with Crippen molar-refractivity contribution >= 4 is 27.5 Å². The Bertz CT molecular complexity index is 648. The van der Waals surface area contributed by atoms with E-state index in [1.165, 1.54) is 12.1 Å². The van der Waals surface area contributed by atoms with E-state index in [-0.39, 0.29) is 17.6 Å². The zero-order valence-corrected chi connectivity index (χ0v) is 14.0. The Hall–Kier alpha value is -1.72. The lowest BCUT2D eigenvalue weighted by Gasteiger charge is -2.20. The molecule has 0 saturated heterocycles. The number of halogens is 2. The van der Waals surface area contributed by atoms with Crippen molar-refractivity contribution in [2.75, 3.05) is 5.32 Å². The second-order valence-electron chi connectivity index (χ2n) is 5.13. The van der Waals surface area contributed by atoms with Crippen molar-refractivity contribution in [3.8, 4) is 0 Å². The Morgan fingerprint density at radius 1 is 1.14 bits per heavy atom. The van der Waals surface area contributed by atoms with Gasteiger partial charge in [-0.05, 0) is 37.6 Å². The molecule has 0 aliphatic heterocycles. The number of anilines is 1. The highest BCUT2D eigenvalue weighted by Gasteiger charge is 2.17.